The van der Waals surface area contributed by atoms with Crippen molar-refractivity contribution in [2.75, 3.05) is 44.2 Å². The lowest BCUT2D eigenvalue weighted by Gasteiger charge is -2.25. The van der Waals surface area contributed by atoms with Gasteiger partial charge in [0.2, 0.25) is 10.0 Å². The first-order valence-electron chi connectivity index (χ1n) is 12.4. The van der Waals surface area contributed by atoms with Crippen LogP contribution in [0.3, 0.4) is 0 Å². The Bertz CT molecular complexity index is 1350. The number of anilines is 1. The highest BCUT2D eigenvalue weighted by Gasteiger charge is 2.25. The minimum absolute atomic E-state index is 0.119. The van der Waals surface area contributed by atoms with E-state index in [9.17, 15) is 13.2 Å². The van der Waals surface area contributed by atoms with Crippen molar-refractivity contribution >= 4 is 42.6 Å². The number of carbonyl (C=O) groups excluding carboxylic acids is 1. The lowest BCUT2D eigenvalue weighted by molar-refractivity contribution is 0.0983. The molecule has 0 aliphatic carbocycles. The fraction of sp³-hybridized carbons (Fsp3) is 0.357. The van der Waals surface area contributed by atoms with E-state index in [1.807, 2.05) is 13.0 Å². The summed E-state index contributed by atoms with van der Waals surface area (Å²) < 4.78 is 28.5. The van der Waals surface area contributed by atoms with Gasteiger partial charge in [-0.3, -0.25) is 9.69 Å². The summed E-state index contributed by atoms with van der Waals surface area (Å²) in [6, 6.07) is 10.3. The van der Waals surface area contributed by atoms with Crippen molar-refractivity contribution < 1.29 is 13.2 Å². The molecule has 2 aromatic carbocycles. The highest BCUT2D eigenvalue weighted by Crippen LogP contribution is 2.33. The molecule has 3 aromatic rings. The summed E-state index contributed by atoms with van der Waals surface area (Å²) in [4.78, 5) is 22.7. The van der Waals surface area contributed by atoms with Crippen LogP contribution in [0.5, 0.6) is 0 Å². The molecule has 0 aliphatic rings. The van der Waals surface area contributed by atoms with Crippen LogP contribution in [0, 0.1) is 13.8 Å². The van der Waals surface area contributed by atoms with E-state index < -0.39 is 10.0 Å². The molecule has 9 heteroatoms. The Kier molecular flexibility index (Phi) is 9.78. The summed E-state index contributed by atoms with van der Waals surface area (Å²) in [5.74, 6) is -0.210. The van der Waals surface area contributed by atoms with Crippen molar-refractivity contribution in [2.24, 2.45) is 0 Å². The SMILES string of the molecule is C=CCN(CC=C)S(=O)(=O)c1ccc(C(=O)N(CCN(CC)CC)c2nc3cc(C)cc(C)c3s2)cc1. The zero-order valence-electron chi connectivity index (χ0n) is 22.1. The molecule has 1 heterocycles. The molecule has 0 bridgehead atoms. The van der Waals surface area contributed by atoms with Gasteiger partial charge in [-0.2, -0.15) is 4.31 Å². The number of likely N-dealkylation sites (N-methyl/N-ethyl adjacent to an activating group) is 1. The predicted octanol–water partition coefficient (Wildman–Crippen LogP) is 5.26. The number of nitrogens with zero attached hydrogens (tertiary/aromatic N) is 4. The third-order valence-electron chi connectivity index (χ3n) is 6.22. The molecule has 1 amide bonds. The molecule has 0 radical (unpaired) electrons. The summed E-state index contributed by atoms with van der Waals surface area (Å²) in [6.45, 7) is 18.9. The number of sulfonamides is 1. The highest BCUT2D eigenvalue weighted by atomic mass is 32.2. The lowest BCUT2D eigenvalue weighted by atomic mass is 10.1. The van der Waals surface area contributed by atoms with Crippen molar-refractivity contribution in [3.8, 4) is 0 Å². The van der Waals surface area contributed by atoms with Gasteiger partial charge in [0.25, 0.3) is 5.91 Å². The van der Waals surface area contributed by atoms with Crippen LogP contribution in [-0.4, -0.2) is 67.8 Å². The Labute approximate surface area is 224 Å². The molecule has 0 saturated carbocycles. The van der Waals surface area contributed by atoms with Gasteiger partial charge < -0.3 is 4.90 Å². The van der Waals surface area contributed by atoms with Crippen molar-refractivity contribution in [1.82, 2.24) is 14.2 Å². The van der Waals surface area contributed by atoms with E-state index in [0.29, 0.717) is 23.8 Å². The first-order chi connectivity index (χ1) is 17.7. The maximum absolute atomic E-state index is 13.8. The van der Waals surface area contributed by atoms with Crippen LogP contribution in [0.25, 0.3) is 10.2 Å². The number of benzene rings is 2. The number of aryl methyl sites for hydroxylation is 2. The number of fused-ring (bicyclic) bond motifs is 1. The Balaban J connectivity index is 1.97. The molecule has 198 valence electrons. The first kappa shape index (κ1) is 28.7. The summed E-state index contributed by atoms with van der Waals surface area (Å²) in [5, 5.41) is 0.640. The molecular weight excluding hydrogens is 504 g/mol. The maximum Gasteiger partial charge on any atom is 0.260 e. The van der Waals surface area contributed by atoms with Crippen LogP contribution in [-0.2, 0) is 10.0 Å². The molecule has 0 N–H and O–H groups in total. The molecule has 0 saturated heterocycles. The summed E-state index contributed by atoms with van der Waals surface area (Å²) in [5.41, 5.74) is 3.54. The number of thiazole rings is 1. The van der Waals surface area contributed by atoms with E-state index >= 15 is 0 Å². The van der Waals surface area contributed by atoms with E-state index in [1.54, 1.807) is 17.0 Å². The average molecular weight is 541 g/mol. The van der Waals surface area contributed by atoms with Gasteiger partial charge in [-0.15, -0.1) is 13.2 Å². The lowest BCUT2D eigenvalue weighted by Crippen LogP contribution is -2.39. The summed E-state index contributed by atoms with van der Waals surface area (Å²) in [7, 11) is -3.75. The third-order valence-corrected chi connectivity index (χ3v) is 9.30. The molecular formula is C28H36N4O3S2. The van der Waals surface area contributed by atoms with Crippen molar-refractivity contribution in [3.63, 3.8) is 0 Å². The molecule has 3 rings (SSSR count). The van der Waals surface area contributed by atoms with Gasteiger partial charge in [0.05, 0.1) is 15.1 Å². The zero-order chi connectivity index (χ0) is 27.2. The van der Waals surface area contributed by atoms with E-state index in [0.717, 1.165) is 34.4 Å². The number of aromatic nitrogens is 1. The van der Waals surface area contributed by atoms with Gasteiger partial charge >= 0.3 is 0 Å². The topological polar surface area (TPSA) is 73.8 Å². The number of hydrogen-bond acceptors (Lipinski definition) is 6. The Morgan fingerprint density at radius 3 is 2.19 bits per heavy atom. The van der Waals surface area contributed by atoms with Gasteiger partial charge in [0, 0.05) is 31.7 Å². The fourth-order valence-electron chi connectivity index (χ4n) is 4.18. The van der Waals surface area contributed by atoms with Gasteiger partial charge in [0.1, 0.15) is 0 Å². The average Bonchev–Trinajstić information content (AvgIpc) is 3.30. The van der Waals surface area contributed by atoms with Crippen LogP contribution in [0.15, 0.2) is 66.6 Å². The predicted molar refractivity (Wildman–Crippen MR) is 154 cm³/mol. The van der Waals surface area contributed by atoms with Crippen molar-refractivity contribution in [1.29, 1.82) is 0 Å². The van der Waals surface area contributed by atoms with E-state index in [1.165, 1.54) is 39.9 Å². The minimum atomic E-state index is -3.75. The maximum atomic E-state index is 13.8. The van der Waals surface area contributed by atoms with Crippen molar-refractivity contribution in [2.45, 2.75) is 32.6 Å². The van der Waals surface area contributed by atoms with Crippen LogP contribution >= 0.6 is 11.3 Å². The molecule has 1 aromatic heterocycles. The molecule has 7 nitrogen and oxygen atoms in total. The summed E-state index contributed by atoms with van der Waals surface area (Å²) in [6.07, 6.45) is 3.07. The smallest absolute Gasteiger partial charge is 0.260 e. The molecule has 0 aliphatic heterocycles. The van der Waals surface area contributed by atoms with E-state index in [4.69, 9.17) is 4.98 Å². The van der Waals surface area contributed by atoms with Crippen molar-refractivity contribution in [3.05, 3.63) is 78.4 Å². The number of carbonyl (C=O) groups is 1. The molecule has 0 atom stereocenters. The standard InChI is InChI=1S/C28H36N4O3S2/c1-7-15-31(16-8-2)37(34,35)24-13-11-23(12-14-24)27(33)32(18-17-30(9-3)10-4)28-29-25-20-21(5)19-22(6)26(25)36-28/h7-8,11-14,19-20H,1-2,9-10,15-18H2,3-6H3. The van der Waals surface area contributed by atoms with Gasteiger partial charge in [-0.25, -0.2) is 13.4 Å². The first-order valence-corrected chi connectivity index (χ1v) is 14.7. The van der Waals surface area contributed by atoms with E-state index in [-0.39, 0.29) is 23.9 Å². The molecule has 0 unspecified atom stereocenters. The monoisotopic (exact) mass is 540 g/mol. The zero-order valence-corrected chi connectivity index (χ0v) is 23.7. The normalized spacial score (nSPS) is 11.8. The van der Waals surface area contributed by atoms with E-state index in [2.05, 4.69) is 44.9 Å². The van der Waals surface area contributed by atoms with Crippen LogP contribution in [0.2, 0.25) is 0 Å². The number of rotatable bonds is 13. The third kappa shape index (κ3) is 6.54. The second-order valence-electron chi connectivity index (χ2n) is 8.83. The summed E-state index contributed by atoms with van der Waals surface area (Å²) >= 11 is 1.51. The van der Waals surface area contributed by atoms with Gasteiger partial charge in [0.15, 0.2) is 5.13 Å². The van der Waals surface area contributed by atoms with Crippen LogP contribution in [0.4, 0.5) is 5.13 Å². The fourth-order valence-corrected chi connectivity index (χ4v) is 6.60. The Morgan fingerprint density at radius 2 is 1.62 bits per heavy atom. The Hall–Kier alpha value is -2.85. The highest BCUT2D eigenvalue weighted by molar-refractivity contribution is 7.89. The molecule has 0 fully saturated rings. The minimum Gasteiger partial charge on any atom is -0.302 e. The quantitative estimate of drug-likeness (QED) is 0.276. The number of hydrogen-bond donors (Lipinski definition) is 0. The van der Waals surface area contributed by atoms with Crippen LogP contribution < -0.4 is 4.90 Å². The Morgan fingerprint density at radius 1 is 1.00 bits per heavy atom. The second kappa shape index (κ2) is 12.6. The molecule has 0 spiro atoms. The number of amides is 1. The second-order valence-corrected chi connectivity index (χ2v) is 11.7. The largest absolute Gasteiger partial charge is 0.302 e. The van der Waals surface area contributed by atoms with Gasteiger partial charge in [-0.1, -0.05) is 43.4 Å². The molecule has 37 heavy (non-hydrogen) atoms. The van der Waals surface area contributed by atoms with Crippen LogP contribution in [0.1, 0.15) is 35.3 Å². The van der Waals surface area contributed by atoms with Gasteiger partial charge in [-0.05, 0) is 68.4 Å².